The molecule has 5 rings (SSSR count). The van der Waals surface area contributed by atoms with Gasteiger partial charge in [0.2, 0.25) is 0 Å². The van der Waals surface area contributed by atoms with Gasteiger partial charge in [-0.05, 0) is 60.7 Å². The molecule has 160 valence electrons. The average molecular weight is 425 g/mol. The molecule has 1 amide bonds. The highest BCUT2D eigenvalue weighted by Gasteiger charge is 2.12. The lowest BCUT2D eigenvalue weighted by atomic mass is 10.2. The van der Waals surface area contributed by atoms with E-state index in [0.717, 1.165) is 54.3 Å². The summed E-state index contributed by atoms with van der Waals surface area (Å²) in [5.74, 6) is 0.417. The first kappa shape index (κ1) is 20.0. The number of morpholine rings is 1. The van der Waals surface area contributed by atoms with Crippen molar-refractivity contribution < 1.29 is 9.53 Å². The number of hydrogen-bond donors (Lipinski definition) is 2. The first-order valence-electron chi connectivity index (χ1n) is 10.6. The van der Waals surface area contributed by atoms with Crippen molar-refractivity contribution in [3.05, 3.63) is 84.7 Å². The van der Waals surface area contributed by atoms with Crippen molar-refractivity contribution in [1.29, 1.82) is 0 Å². The van der Waals surface area contributed by atoms with E-state index >= 15 is 0 Å². The Morgan fingerprint density at radius 2 is 1.69 bits per heavy atom. The van der Waals surface area contributed by atoms with E-state index in [1.165, 1.54) is 0 Å². The molecule has 2 aromatic carbocycles. The van der Waals surface area contributed by atoms with E-state index in [4.69, 9.17) is 4.74 Å². The highest BCUT2D eigenvalue weighted by atomic mass is 16.5. The molecule has 0 radical (unpaired) electrons. The fourth-order valence-corrected chi connectivity index (χ4v) is 3.72. The van der Waals surface area contributed by atoms with E-state index in [1.54, 1.807) is 24.5 Å². The number of pyridine rings is 2. The Morgan fingerprint density at radius 3 is 2.53 bits per heavy atom. The number of carbonyl (C=O) groups excluding carboxylic acids is 1. The molecule has 7 heteroatoms. The van der Waals surface area contributed by atoms with Gasteiger partial charge in [-0.2, -0.15) is 0 Å². The van der Waals surface area contributed by atoms with Gasteiger partial charge in [-0.25, -0.2) is 4.98 Å². The van der Waals surface area contributed by atoms with Gasteiger partial charge in [-0.3, -0.25) is 9.78 Å². The summed E-state index contributed by atoms with van der Waals surface area (Å²) in [6.07, 6.45) is 3.40. The number of nitrogens with zero attached hydrogens (tertiary/aromatic N) is 3. The summed E-state index contributed by atoms with van der Waals surface area (Å²) in [6.45, 7) is 3.25. The Kier molecular flexibility index (Phi) is 5.63. The van der Waals surface area contributed by atoms with Crippen LogP contribution in [0, 0.1) is 0 Å². The second-order valence-electron chi connectivity index (χ2n) is 7.57. The summed E-state index contributed by atoms with van der Waals surface area (Å²) in [5.41, 5.74) is 4.22. The van der Waals surface area contributed by atoms with Gasteiger partial charge in [0.25, 0.3) is 5.91 Å². The van der Waals surface area contributed by atoms with E-state index in [-0.39, 0.29) is 5.91 Å². The van der Waals surface area contributed by atoms with E-state index in [0.29, 0.717) is 11.4 Å². The van der Waals surface area contributed by atoms with Crippen molar-refractivity contribution in [1.82, 2.24) is 9.97 Å². The van der Waals surface area contributed by atoms with Crippen molar-refractivity contribution in [2.24, 2.45) is 0 Å². The molecule has 0 bridgehead atoms. The van der Waals surface area contributed by atoms with Crippen LogP contribution in [0.1, 0.15) is 10.4 Å². The second-order valence-corrected chi connectivity index (χ2v) is 7.57. The zero-order valence-corrected chi connectivity index (χ0v) is 17.5. The normalized spacial score (nSPS) is 13.7. The zero-order valence-electron chi connectivity index (χ0n) is 17.5. The number of carbonyl (C=O) groups is 1. The predicted molar refractivity (Wildman–Crippen MR) is 127 cm³/mol. The Balaban J connectivity index is 1.26. The van der Waals surface area contributed by atoms with Crippen molar-refractivity contribution in [3.63, 3.8) is 0 Å². The van der Waals surface area contributed by atoms with Crippen LogP contribution in [-0.4, -0.2) is 42.2 Å². The SMILES string of the molecule is O=C(Nc1ccc(N2CCOCC2)cc1)c1ccnc(Nc2ccc3ncccc3c2)c1. The molecule has 2 aromatic heterocycles. The summed E-state index contributed by atoms with van der Waals surface area (Å²) in [6, 6.07) is 21.2. The van der Waals surface area contributed by atoms with Crippen LogP contribution in [0.25, 0.3) is 10.9 Å². The molecule has 7 nitrogen and oxygen atoms in total. The number of rotatable bonds is 5. The van der Waals surface area contributed by atoms with Gasteiger partial charge in [0, 0.05) is 53.5 Å². The van der Waals surface area contributed by atoms with Crippen LogP contribution < -0.4 is 15.5 Å². The van der Waals surface area contributed by atoms with Crippen LogP contribution in [0.2, 0.25) is 0 Å². The maximum absolute atomic E-state index is 12.8. The summed E-state index contributed by atoms with van der Waals surface area (Å²) in [4.78, 5) is 23.7. The standard InChI is InChI=1S/C25H23N5O2/c31-25(29-20-3-6-22(7-4-20)30-12-14-32-15-13-30)19-9-11-27-24(17-19)28-21-5-8-23-18(16-21)2-1-10-26-23/h1-11,16-17H,12-15H2,(H,27,28)(H,29,31). The molecule has 0 aliphatic carbocycles. The molecule has 0 atom stereocenters. The lowest BCUT2D eigenvalue weighted by Gasteiger charge is -2.28. The third kappa shape index (κ3) is 4.53. The second kappa shape index (κ2) is 9.03. The lowest BCUT2D eigenvalue weighted by Crippen LogP contribution is -2.36. The summed E-state index contributed by atoms with van der Waals surface area (Å²) in [5, 5.41) is 7.26. The van der Waals surface area contributed by atoms with Crippen molar-refractivity contribution >= 4 is 39.7 Å². The first-order valence-corrected chi connectivity index (χ1v) is 10.6. The van der Waals surface area contributed by atoms with Gasteiger partial charge in [0.05, 0.1) is 18.7 Å². The summed E-state index contributed by atoms with van der Waals surface area (Å²) < 4.78 is 5.40. The van der Waals surface area contributed by atoms with E-state index in [9.17, 15) is 4.79 Å². The van der Waals surface area contributed by atoms with E-state index < -0.39 is 0 Å². The monoisotopic (exact) mass is 425 g/mol. The van der Waals surface area contributed by atoms with Crippen LogP contribution in [0.4, 0.5) is 22.9 Å². The fourth-order valence-electron chi connectivity index (χ4n) is 3.72. The molecular formula is C25H23N5O2. The number of benzene rings is 2. The number of hydrogen-bond acceptors (Lipinski definition) is 6. The van der Waals surface area contributed by atoms with Gasteiger partial charge in [0.1, 0.15) is 5.82 Å². The molecule has 0 unspecified atom stereocenters. The average Bonchev–Trinajstić information content (AvgIpc) is 2.85. The van der Waals surface area contributed by atoms with Gasteiger partial charge < -0.3 is 20.3 Å². The zero-order chi connectivity index (χ0) is 21.8. The number of anilines is 4. The van der Waals surface area contributed by atoms with Crippen LogP contribution >= 0.6 is 0 Å². The largest absolute Gasteiger partial charge is 0.378 e. The van der Waals surface area contributed by atoms with Gasteiger partial charge >= 0.3 is 0 Å². The number of fused-ring (bicyclic) bond motifs is 1. The third-order valence-corrected chi connectivity index (χ3v) is 5.40. The Hall–Kier alpha value is -3.97. The van der Waals surface area contributed by atoms with Gasteiger partial charge in [0.15, 0.2) is 0 Å². The van der Waals surface area contributed by atoms with E-state index in [2.05, 4.69) is 25.5 Å². The molecule has 4 aromatic rings. The summed E-state index contributed by atoms with van der Waals surface area (Å²) in [7, 11) is 0. The number of ether oxygens (including phenoxy) is 1. The maximum Gasteiger partial charge on any atom is 0.255 e. The van der Waals surface area contributed by atoms with Crippen molar-refractivity contribution in [2.45, 2.75) is 0 Å². The minimum absolute atomic E-state index is 0.183. The Bertz CT molecular complexity index is 1240. The van der Waals surface area contributed by atoms with Crippen LogP contribution in [0.3, 0.4) is 0 Å². The smallest absolute Gasteiger partial charge is 0.255 e. The number of aromatic nitrogens is 2. The molecule has 0 saturated carbocycles. The maximum atomic E-state index is 12.8. The molecule has 1 saturated heterocycles. The Labute approximate surface area is 186 Å². The topological polar surface area (TPSA) is 79.4 Å². The lowest BCUT2D eigenvalue weighted by molar-refractivity contribution is 0.102. The molecule has 2 N–H and O–H groups in total. The molecule has 1 fully saturated rings. The van der Waals surface area contributed by atoms with Crippen molar-refractivity contribution in [3.8, 4) is 0 Å². The van der Waals surface area contributed by atoms with Gasteiger partial charge in [-0.1, -0.05) is 6.07 Å². The molecule has 3 heterocycles. The van der Waals surface area contributed by atoms with Crippen LogP contribution in [-0.2, 0) is 4.74 Å². The molecule has 1 aliphatic heterocycles. The third-order valence-electron chi connectivity index (χ3n) is 5.40. The predicted octanol–water partition coefficient (Wildman–Crippen LogP) is 4.46. The highest BCUT2D eigenvalue weighted by molar-refractivity contribution is 6.04. The number of nitrogens with one attached hydrogen (secondary N) is 2. The minimum Gasteiger partial charge on any atom is -0.378 e. The Morgan fingerprint density at radius 1 is 0.875 bits per heavy atom. The molecule has 32 heavy (non-hydrogen) atoms. The quantitative estimate of drug-likeness (QED) is 0.491. The molecule has 0 spiro atoms. The number of amides is 1. The fraction of sp³-hybridized carbons (Fsp3) is 0.160. The summed E-state index contributed by atoms with van der Waals surface area (Å²) >= 11 is 0. The van der Waals surface area contributed by atoms with E-state index in [1.807, 2.05) is 54.6 Å². The highest BCUT2D eigenvalue weighted by Crippen LogP contribution is 2.22. The molecule has 1 aliphatic rings. The molecular weight excluding hydrogens is 402 g/mol. The minimum atomic E-state index is -0.183. The van der Waals surface area contributed by atoms with Crippen molar-refractivity contribution in [2.75, 3.05) is 41.8 Å². The van der Waals surface area contributed by atoms with Crippen LogP contribution in [0.15, 0.2) is 79.1 Å². The first-order chi connectivity index (χ1) is 15.7. The van der Waals surface area contributed by atoms with Gasteiger partial charge in [-0.15, -0.1) is 0 Å². The van der Waals surface area contributed by atoms with Crippen LogP contribution in [0.5, 0.6) is 0 Å².